The van der Waals surface area contributed by atoms with Crippen molar-refractivity contribution in [1.82, 2.24) is 5.32 Å². The molecule has 4 rings (SSSR count). The molecule has 0 spiro atoms. The number of aliphatic hydroxyl groups is 1. The highest BCUT2D eigenvalue weighted by Gasteiger charge is 2.44. The first-order valence-electron chi connectivity index (χ1n) is 8.70. The van der Waals surface area contributed by atoms with Gasteiger partial charge >= 0.3 is 0 Å². The molecular formula is C21H18NO4S2+. The second-order valence-electron chi connectivity index (χ2n) is 6.21. The Balaban J connectivity index is 1.82. The summed E-state index contributed by atoms with van der Waals surface area (Å²) in [5.41, 5.74) is 0.493. The van der Waals surface area contributed by atoms with Gasteiger partial charge in [-0.3, -0.25) is 4.79 Å². The molecule has 28 heavy (non-hydrogen) atoms. The number of hydrogen-bond acceptors (Lipinski definition) is 4. The average Bonchev–Trinajstić information content (AvgIpc) is 2.73. The van der Waals surface area contributed by atoms with Gasteiger partial charge in [0.2, 0.25) is 9.84 Å². The first kappa shape index (κ1) is 18.7. The molecule has 0 unspecified atom stereocenters. The lowest BCUT2D eigenvalue weighted by molar-refractivity contribution is 0.0944. The van der Waals surface area contributed by atoms with Gasteiger partial charge in [-0.25, -0.2) is 8.42 Å². The fourth-order valence-electron chi connectivity index (χ4n) is 3.19. The van der Waals surface area contributed by atoms with Crippen molar-refractivity contribution in [2.75, 3.05) is 13.2 Å². The molecule has 2 N–H and O–H groups in total. The van der Waals surface area contributed by atoms with Crippen LogP contribution in [0.4, 0.5) is 0 Å². The molecule has 3 aromatic carbocycles. The lowest BCUT2D eigenvalue weighted by Gasteiger charge is -2.19. The summed E-state index contributed by atoms with van der Waals surface area (Å²) < 4.78 is 26.1. The molecule has 142 valence electrons. The summed E-state index contributed by atoms with van der Waals surface area (Å²) in [5.74, 6) is -0.254. The van der Waals surface area contributed by atoms with Crippen LogP contribution in [0, 0.1) is 0 Å². The molecule has 3 aromatic rings. The molecule has 0 saturated carbocycles. The van der Waals surface area contributed by atoms with E-state index in [1.54, 1.807) is 36.4 Å². The van der Waals surface area contributed by atoms with Gasteiger partial charge in [0.15, 0.2) is 14.7 Å². The van der Waals surface area contributed by atoms with E-state index in [0.717, 1.165) is 14.7 Å². The maximum Gasteiger partial charge on any atom is 0.251 e. The molecule has 0 saturated heterocycles. The van der Waals surface area contributed by atoms with Gasteiger partial charge in [0.25, 0.3) is 5.91 Å². The van der Waals surface area contributed by atoms with Gasteiger partial charge in [0.05, 0.1) is 6.61 Å². The van der Waals surface area contributed by atoms with Gasteiger partial charge in [-0.1, -0.05) is 24.3 Å². The standard InChI is InChI=1S/C21H17NO4S2/c23-14-13-22-21(24)15-9-11-16(12-10-15)27-17-5-1-3-7-19(17)28(25,26)20-8-4-2-6-18(20)27/h1-12,23H,13-14H2/p+1. The zero-order valence-corrected chi connectivity index (χ0v) is 16.5. The number of amides is 1. The van der Waals surface area contributed by atoms with Crippen molar-refractivity contribution in [3.63, 3.8) is 0 Å². The first-order chi connectivity index (χ1) is 13.5. The third-order valence-corrected chi connectivity index (χ3v) is 8.93. The Morgan fingerprint density at radius 2 is 1.39 bits per heavy atom. The van der Waals surface area contributed by atoms with Crippen LogP contribution in [0.25, 0.3) is 0 Å². The van der Waals surface area contributed by atoms with Gasteiger partial charge in [0.1, 0.15) is 20.7 Å². The Morgan fingerprint density at radius 1 is 0.857 bits per heavy atom. The fraction of sp³-hybridized carbons (Fsp3) is 0.0952. The number of carbonyl (C=O) groups is 1. The first-order valence-corrected chi connectivity index (χ1v) is 11.4. The van der Waals surface area contributed by atoms with E-state index in [4.69, 9.17) is 5.11 Å². The number of sulfone groups is 1. The van der Waals surface area contributed by atoms with Crippen molar-refractivity contribution in [3.8, 4) is 0 Å². The van der Waals surface area contributed by atoms with E-state index in [9.17, 15) is 13.2 Å². The molecule has 7 heteroatoms. The lowest BCUT2D eigenvalue weighted by Crippen LogP contribution is -2.26. The van der Waals surface area contributed by atoms with E-state index in [1.165, 1.54) is 0 Å². The largest absolute Gasteiger partial charge is 0.395 e. The van der Waals surface area contributed by atoms with E-state index in [1.807, 2.05) is 36.4 Å². The minimum Gasteiger partial charge on any atom is -0.395 e. The van der Waals surface area contributed by atoms with Crippen LogP contribution < -0.4 is 5.32 Å². The summed E-state index contributed by atoms with van der Waals surface area (Å²) in [6.45, 7) is 0.0822. The predicted octanol–water partition coefficient (Wildman–Crippen LogP) is 2.65. The maximum atomic E-state index is 13.0. The SMILES string of the molecule is O=C(NCCO)c1ccc([S+]2c3ccccc3S(=O)(=O)c3ccccc32)cc1. The quantitative estimate of drug-likeness (QED) is 0.505. The van der Waals surface area contributed by atoms with Crippen LogP contribution in [0.3, 0.4) is 0 Å². The molecule has 0 aromatic heterocycles. The number of aliphatic hydroxyl groups excluding tert-OH is 1. The molecule has 0 radical (unpaired) electrons. The van der Waals surface area contributed by atoms with E-state index in [0.29, 0.717) is 15.4 Å². The molecule has 1 amide bonds. The van der Waals surface area contributed by atoms with Crippen LogP contribution >= 0.6 is 0 Å². The van der Waals surface area contributed by atoms with Crippen molar-refractivity contribution in [2.45, 2.75) is 24.5 Å². The van der Waals surface area contributed by atoms with Crippen LogP contribution in [0.15, 0.2) is 97.3 Å². The van der Waals surface area contributed by atoms with Gasteiger partial charge in [-0.05, 0) is 48.5 Å². The second-order valence-corrected chi connectivity index (χ2v) is 10.1. The van der Waals surface area contributed by atoms with Crippen molar-refractivity contribution in [2.24, 2.45) is 0 Å². The van der Waals surface area contributed by atoms with Crippen molar-refractivity contribution in [1.29, 1.82) is 0 Å². The second kappa shape index (κ2) is 7.43. The minimum atomic E-state index is -3.56. The van der Waals surface area contributed by atoms with E-state index < -0.39 is 20.7 Å². The smallest absolute Gasteiger partial charge is 0.251 e. The van der Waals surface area contributed by atoms with E-state index in [2.05, 4.69) is 5.32 Å². The number of nitrogens with one attached hydrogen (secondary N) is 1. The third-order valence-electron chi connectivity index (χ3n) is 4.47. The molecule has 0 atom stereocenters. The van der Waals surface area contributed by atoms with Gasteiger partial charge in [-0.2, -0.15) is 0 Å². The van der Waals surface area contributed by atoms with E-state index in [-0.39, 0.29) is 19.1 Å². The zero-order valence-electron chi connectivity index (χ0n) is 14.8. The number of carbonyl (C=O) groups excluding carboxylic acids is 1. The average molecular weight is 413 g/mol. The molecule has 1 aliphatic rings. The Bertz CT molecular complexity index is 1090. The summed E-state index contributed by atoms with van der Waals surface area (Å²) >= 11 is 0. The molecular weight excluding hydrogens is 394 g/mol. The Morgan fingerprint density at radius 3 is 1.93 bits per heavy atom. The molecule has 0 aliphatic carbocycles. The molecule has 0 bridgehead atoms. The van der Waals surface area contributed by atoms with Crippen LogP contribution in [-0.2, 0) is 20.7 Å². The van der Waals surface area contributed by atoms with Crippen LogP contribution in [0.5, 0.6) is 0 Å². The number of benzene rings is 3. The highest BCUT2D eigenvalue weighted by atomic mass is 32.2. The fourth-order valence-corrected chi connectivity index (χ4v) is 7.88. The van der Waals surface area contributed by atoms with Crippen molar-refractivity contribution >= 4 is 26.6 Å². The summed E-state index contributed by atoms with van der Waals surface area (Å²) in [7, 11) is -4.14. The van der Waals surface area contributed by atoms with Crippen molar-refractivity contribution < 1.29 is 18.3 Å². The van der Waals surface area contributed by atoms with Gasteiger partial charge < -0.3 is 10.4 Å². The molecule has 1 aliphatic heterocycles. The lowest BCUT2D eigenvalue weighted by atomic mass is 10.2. The normalized spacial score (nSPS) is 14.8. The summed E-state index contributed by atoms with van der Waals surface area (Å²) in [4.78, 5) is 15.2. The van der Waals surface area contributed by atoms with E-state index >= 15 is 0 Å². The maximum absolute atomic E-state index is 13.0. The Labute approximate surface area is 166 Å². The monoisotopic (exact) mass is 412 g/mol. The minimum absolute atomic E-state index is 0.116. The summed E-state index contributed by atoms with van der Waals surface area (Å²) in [6.07, 6.45) is 0. The van der Waals surface area contributed by atoms with Gasteiger partial charge in [0, 0.05) is 12.1 Å². The summed E-state index contributed by atoms with van der Waals surface area (Å²) in [6, 6.07) is 21.4. The van der Waals surface area contributed by atoms with Crippen molar-refractivity contribution in [3.05, 3.63) is 78.4 Å². The summed E-state index contributed by atoms with van der Waals surface area (Å²) in [5, 5.41) is 11.5. The van der Waals surface area contributed by atoms with Gasteiger partial charge in [-0.15, -0.1) is 0 Å². The number of fused-ring (bicyclic) bond motifs is 2. The predicted molar refractivity (Wildman–Crippen MR) is 106 cm³/mol. The van der Waals surface area contributed by atoms with Crippen LogP contribution in [0.2, 0.25) is 0 Å². The Hall–Kier alpha value is -2.61. The third kappa shape index (κ3) is 3.11. The molecule has 1 heterocycles. The molecule has 0 fully saturated rings. The number of rotatable bonds is 4. The van der Waals surface area contributed by atoms with Crippen LogP contribution in [-0.4, -0.2) is 32.6 Å². The topological polar surface area (TPSA) is 83.5 Å². The zero-order chi connectivity index (χ0) is 19.7. The highest BCUT2D eigenvalue weighted by molar-refractivity contribution is 8.00. The number of hydrogen-bond donors (Lipinski definition) is 2. The highest BCUT2D eigenvalue weighted by Crippen LogP contribution is 2.44. The molecule has 5 nitrogen and oxygen atoms in total. The Kier molecular flexibility index (Phi) is 4.97. The van der Waals surface area contributed by atoms with Crippen LogP contribution in [0.1, 0.15) is 10.4 Å².